The van der Waals surface area contributed by atoms with E-state index in [9.17, 15) is 23.1 Å². The van der Waals surface area contributed by atoms with Gasteiger partial charge in [0.2, 0.25) is 0 Å². The zero-order valence-corrected chi connectivity index (χ0v) is 16.9. The minimum Gasteiger partial charge on any atom is -0.480 e. The molecule has 7 N–H and O–H groups in total. The van der Waals surface area contributed by atoms with Crippen molar-refractivity contribution in [2.24, 2.45) is 16.5 Å². The number of nitrogens with one attached hydrogen (secondary N) is 2. The van der Waals surface area contributed by atoms with Crippen LogP contribution in [0.25, 0.3) is 0 Å². The van der Waals surface area contributed by atoms with Gasteiger partial charge in [0.05, 0.1) is 10.5 Å². The molecular formula is C17H21N5O5S2. The fraction of sp³-hybridized carbons (Fsp3) is 0.235. The van der Waals surface area contributed by atoms with E-state index < -0.39 is 27.9 Å². The number of aliphatic imine (C=N–C) groups is 1. The van der Waals surface area contributed by atoms with Gasteiger partial charge in [0.1, 0.15) is 11.0 Å². The van der Waals surface area contributed by atoms with E-state index >= 15 is 0 Å². The van der Waals surface area contributed by atoms with E-state index in [1.54, 1.807) is 18.2 Å². The lowest BCUT2D eigenvalue weighted by Gasteiger charge is -2.15. The third-order valence-electron chi connectivity index (χ3n) is 3.74. The summed E-state index contributed by atoms with van der Waals surface area (Å²) in [6, 6.07) is 7.94. The fourth-order valence-electron chi connectivity index (χ4n) is 2.34. The van der Waals surface area contributed by atoms with Crippen molar-refractivity contribution >= 4 is 44.2 Å². The summed E-state index contributed by atoms with van der Waals surface area (Å²) in [6.07, 6.45) is 0.444. The van der Waals surface area contributed by atoms with Crippen molar-refractivity contribution < 1.29 is 23.1 Å². The topological polar surface area (TPSA) is 177 Å². The van der Waals surface area contributed by atoms with Gasteiger partial charge in [0.15, 0.2) is 5.96 Å². The molecule has 0 saturated heterocycles. The van der Waals surface area contributed by atoms with E-state index in [4.69, 9.17) is 11.5 Å². The number of carbonyl (C=O) groups excluding carboxylic acids is 1. The first-order valence-electron chi connectivity index (χ1n) is 8.45. The van der Waals surface area contributed by atoms with Crippen LogP contribution in [0.15, 0.2) is 51.7 Å². The predicted molar refractivity (Wildman–Crippen MR) is 110 cm³/mol. The number of nitrogens with zero attached hydrogens (tertiary/aromatic N) is 1. The summed E-state index contributed by atoms with van der Waals surface area (Å²) < 4.78 is 27.3. The molecule has 0 spiro atoms. The van der Waals surface area contributed by atoms with Crippen molar-refractivity contribution in [1.82, 2.24) is 5.32 Å². The summed E-state index contributed by atoms with van der Waals surface area (Å²) >= 11 is 1.02. The summed E-state index contributed by atoms with van der Waals surface area (Å²) in [4.78, 5) is 27.8. The van der Waals surface area contributed by atoms with Crippen molar-refractivity contribution in [2.45, 2.75) is 23.8 Å². The minimum absolute atomic E-state index is 0.0324. The number of guanidine groups is 1. The Balaban J connectivity index is 2.09. The molecule has 0 radical (unpaired) electrons. The summed E-state index contributed by atoms with van der Waals surface area (Å²) in [5, 5.41) is 13.3. The van der Waals surface area contributed by atoms with Crippen LogP contribution in [0.2, 0.25) is 0 Å². The molecule has 12 heteroatoms. The standard InChI is InChI=1S/C17H21N5O5S2/c18-17(19)20-9-4-7-13(16(24)25)21-14(23)12-8-10-28-15(12)22-29(26,27)11-5-2-1-3-6-11/h1-3,5-6,8,10,13,22H,4,7,9H2,(H,21,23)(H,24,25)(H4,18,19,20)/t13-/m0/s1. The second-order valence-corrected chi connectivity index (χ2v) is 8.49. The Kier molecular flexibility index (Phi) is 7.56. The van der Waals surface area contributed by atoms with E-state index in [1.807, 2.05) is 0 Å². The predicted octanol–water partition coefficient (Wildman–Crippen LogP) is 0.785. The number of hydrogen-bond acceptors (Lipinski definition) is 6. The number of anilines is 1. The molecule has 0 bridgehead atoms. The maximum atomic E-state index is 12.5. The first-order chi connectivity index (χ1) is 13.7. The number of amides is 1. The molecule has 0 unspecified atom stereocenters. The highest BCUT2D eigenvalue weighted by Gasteiger charge is 2.24. The zero-order valence-electron chi connectivity index (χ0n) is 15.2. The Morgan fingerprint density at radius 1 is 1.17 bits per heavy atom. The van der Waals surface area contributed by atoms with Crippen LogP contribution in [0, 0.1) is 0 Å². The van der Waals surface area contributed by atoms with Crippen LogP contribution in [0.1, 0.15) is 23.2 Å². The smallest absolute Gasteiger partial charge is 0.326 e. The van der Waals surface area contributed by atoms with Crippen LogP contribution < -0.4 is 21.5 Å². The number of nitrogens with two attached hydrogens (primary N) is 2. The van der Waals surface area contributed by atoms with Gasteiger partial charge in [0, 0.05) is 6.54 Å². The van der Waals surface area contributed by atoms with Crippen LogP contribution in [-0.2, 0) is 14.8 Å². The Bertz CT molecular complexity index is 985. The lowest BCUT2D eigenvalue weighted by Crippen LogP contribution is -2.41. The monoisotopic (exact) mass is 439 g/mol. The van der Waals surface area contributed by atoms with Crippen LogP contribution in [0.4, 0.5) is 5.00 Å². The number of hydrogen-bond donors (Lipinski definition) is 5. The summed E-state index contributed by atoms with van der Waals surface area (Å²) in [5.41, 5.74) is 10.5. The maximum absolute atomic E-state index is 12.5. The first kappa shape index (κ1) is 22.2. The van der Waals surface area contributed by atoms with E-state index in [2.05, 4.69) is 15.0 Å². The molecule has 156 valence electrons. The van der Waals surface area contributed by atoms with E-state index in [0.717, 1.165) is 11.3 Å². The number of benzene rings is 1. The zero-order chi connectivity index (χ0) is 21.4. The molecule has 29 heavy (non-hydrogen) atoms. The normalized spacial score (nSPS) is 12.0. The molecule has 0 aliphatic heterocycles. The van der Waals surface area contributed by atoms with Crippen molar-refractivity contribution in [3.8, 4) is 0 Å². The van der Waals surface area contributed by atoms with Crippen LogP contribution in [0.3, 0.4) is 0 Å². The summed E-state index contributed by atoms with van der Waals surface area (Å²) in [6.45, 7) is 0.225. The van der Waals surface area contributed by atoms with Crippen LogP contribution in [0.5, 0.6) is 0 Å². The largest absolute Gasteiger partial charge is 0.480 e. The molecule has 0 aliphatic carbocycles. The van der Waals surface area contributed by atoms with Gasteiger partial charge in [-0.3, -0.25) is 14.5 Å². The van der Waals surface area contributed by atoms with Crippen molar-refractivity contribution in [3.63, 3.8) is 0 Å². The van der Waals surface area contributed by atoms with Crippen LogP contribution in [-0.4, -0.2) is 43.9 Å². The van der Waals surface area contributed by atoms with Gasteiger partial charge in [0.25, 0.3) is 15.9 Å². The van der Waals surface area contributed by atoms with Crippen molar-refractivity contribution in [3.05, 3.63) is 47.3 Å². The average molecular weight is 440 g/mol. The highest BCUT2D eigenvalue weighted by atomic mass is 32.2. The number of rotatable bonds is 10. The van der Waals surface area contributed by atoms with Gasteiger partial charge in [-0.15, -0.1) is 11.3 Å². The van der Waals surface area contributed by atoms with Gasteiger partial charge < -0.3 is 21.9 Å². The molecule has 10 nitrogen and oxygen atoms in total. The SMILES string of the molecule is NC(N)=NCCC[C@H](NC(=O)c1ccsc1NS(=O)(=O)c1ccccc1)C(=O)O. The Morgan fingerprint density at radius 3 is 2.48 bits per heavy atom. The summed E-state index contributed by atoms with van der Waals surface area (Å²) in [5.74, 6) is -2.02. The number of carbonyl (C=O) groups is 2. The van der Waals surface area contributed by atoms with E-state index in [1.165, 1.54) is 23.6 Å². The van der Waals surface area contributed by atoms with Gasteiger partial charge in [-0.1, -0.05) is 18.2 Å². The molecule has 2 aromatic rings. The minimum atomic E-state index is -3.88. The molecule has 1 amide bonds. The third kappa shape index (κ3) is 6.47. The molecule has 0 fully saturated rings. The molecule has 1 aromatic heterocycles. The molecular weight excluding hydrogens is 418 g/mol. The molecule has 1 heterocycles. The van der Waals surface area contributed by atoms with Gasteiger partial charge in [-0.05, 0) is 36.4 Å². The molecule has 0 aliphatic rings. The Labute approximate surface area is 171 Å². The molecule has 0 saturated carbocycles. The third-order valence-corrected chi connectivity index (χ3v) is 6.06. The Hall–Kier alpha value is -3.12. The molecule has 1 atom stereocenters. The number of sulfonamides is 1. The lowest BCUT2D eigenvalue weighted by atomic mass is 10.1. The Morgan fingerprint density at radius 2 is 1.86 bits per heavy atom. The van der Waals surface area contributed by atoms with Crippen molar-refractivity contribution in [1.29, 1.82) is 0 Å². The highest BCUT2D eigenvalue weighted by molar-refractivity contribution is 7.93. The quantitative estimate of drug-likeness (QED) is 0.206. The molecule has 1 aromatic carbocycles. The van der Waals surface area contributed by atoms with Crippen LogP contribution >= 0.6 is 11.3 Å². The number of thiophene rings is 1. The average Bonchev–Trinajstić information content (AvgIpc) is 3.12. The van der Waals surface area contributed by atoms with Gasteiger partial charge >= 0.3 is 5.97 Å². The number of carboxylic acids is 1. The maximum Gasteiger partial charge on any atom is 0.326 e. The molecule has 2 rings (SSSR count). The van der Waals surface area contributed by atoms with E-state index in [0.29, 0.717) is 6.42 Å². The second kappa shape index (κ2) is 9.89. The lowest BCUT2D eigenvalue weighted by molar-refractivity contribution is -0.139. The van der Waals surface area contributed by atoms with Crippen molar-refractivity contribution in [2.75, 3.05) is 11.3 Å². The second-order valence-electron chi connectivity index (χ2n) is 5.90. The van der Waals surface area contributed by atoms with Gasteiger partial charge in [-0.25, -0.2) is 13.2 Å². The highest BCUT2D eigenvalue weighted by Crippen LogP contribution is 2.26. The van der Waals surface area contributed by atoms with E-state index in [-0.39, 0.29) is 34.4 Å². The first-order valence-corrected chi connectivity index (χ1v) is 10.8. The number of carboxylic acid groups (broad SMARTS) is 1. The van der Waals surface area contributed by atoms with Gasteiger partial charge in [-0.2, -0.15) is 0 Å². The summed E-state index contributed by atoms with van der Waals surface area (Å²) in [7, 11) is -3.88. The fourth-order valence-corrected chi connectivity index (χ4v) is 4.48. The number of aliphatic carboxylic acids is 1.